The Hall–Kier alpha value is -2.17. The van der Waals surface area contributed by atoms with E-state index < -0.39 is 0 Å². The van der Waals surface area contributed by atoms with E-state index in [0.717, 1.165) is 13.0 Å². The second kappa shape index (κ2) is 5.55. The lowest BCUT2D eigenvalue weighted by molar-refractivity contribution is -0.133. The van der Waals surface area contributed by atoms with Gasteiger partial charge in [-0.25, -0.2) is 4.68 Å². The van der Waals surface area contributed by atoms with Crippen molar-refractivity contribution in [3.05, 3.63) is 47.3 Å². The highest BCUT2D eigenvalue weighted by Gasteiger charge is 2.23. The molecule has 0 unspecified atom stereocenters. The molecule has 2 aromatic rings. The van der Waals surface area contributed by atoms with Gasteiger partial charge in [0, 0.05) is 19.3 Å². The minimum absolute atomic E-state index is 0.0947. The van der Waals surface area contributed by atoms with Crippen LogP contribution >= 0.6 is 0 Å². The van der Waals surface area contributed by atoms with Crippen LogP contribution in [0.4, 0.5) is 0 Å². The highest BCUT2D eigenvalue weighted by Crippen LogP contribution is 2.27. The molecule has 0 spiro atoms. The third kappa shape index (κ3) is 3.03. The Morgan fingerprint density at radius 1 is 1.27 bits per heavy atom. The predicted molar refractivity (Wildman–Crippen MR) is 84.3 cm³/mol. The largest absolute Gasteiger partial charge is 0.336 e. The third-order valence-electron chi connectivity index (χ3n) is 4.21. The average Bonchev–Trinajstić information content (AvgIpc) is 2.98. The molecule has 1 aliphatic rings. The van der Waals surface area contributed by atoms with E-state index in [-0.39, 0.29) is 17.9 Å². The third-order valence-corrected chi connectivity index (χ3v) is 4.21. The summed E-state index contributed by atoms with van der Waals surface area (Å²) in [5, 5.41) is 7.60. The number of carbonyl (C=O) groups excluding carboxylic acids is 1. The van der Waals surface area contributed by atoms with Crippen LogP contribution in [0.5, 0.6) is 0 Å². The van der Waals surface area contributed by atoms with Gasteiger partial charge in [0.2, 0.25) is 5.91 Å². The van der Waals surface area contributed by atoms with Crippen LogP contribution in [0.15, 0.2) is 30.6 Å². The van der Waals surface area contributed by atoms with Crippen LogP contribution in [0, 0.1) is 0 Å². The number of benzene rings is 1. The van der Waals surface area contributed by atoms with E-state index >= 15 is 0 Å². The smallest absolute Gasteiger partial charge is 0.244 e. The van der Waals surface area contributed by atoms with Crippen LogP contribution in [0.3, 0.4) is 0 Å². The molecule has 1 aromatic heterocycles. The predicted octanol–water partition coefficient (Wildman–Crippen LogP) is 2.16. The molecule has 1 aliphatic heterocycles. The summed E-state index contributed by atoms with van der Waals surface area (Å²) in [5.41, 5.74) is 4.07. The lowest BCUT2D eigenvalue weighted by Gasteiger charge is -2.30. The first-order valence-corrected chi connectivity index (χ1v) is 7.67. The second-order valence-corrected chi connectivity index (χ2v) is 6.90. The Labute approximate surface area is 130 Å². The molecule has 0 N–H and O–H groups in total. The molecular formula is C17H22N4O. The first-order chi connectivity index (χ1) is 10.4. The monoisotopic (exact) mass is 298 g/mol. The van der Waals surface area contributed by atoms with Gasteiger partial charge in [-0.15, -0.1) is 5.10 Å². The summed E-state index contributed by atoms with van der Waals surface area (Å²) in [5.74, 6) is 0.0947. The number of aromatic nitrogens is 3. The minimum Gasteiger partial charge on any atom is -0.336 e. The molecule has 116 valence electrons. The highest BCUT2D eigenvalue weighted by molar-refractivity contribution is 5.76. The summed E-state index contributed by atoms with van der Waals surface area (Å²) in [6.07, 6.45) is 4.23. The lowest BCUT2D eigenvalue weighted by atomic mass is 9.84. The molecule has 3 rings (SSSR count). The maximum atomic E-state index is 12.4. The number of amides is 1. The number of hydrogen-bond acceptors (Lipinski definition) is 3. The van der Waals surface area contributed by atoms with Gasteiger partial charge in [-0.2, -0.15) is 0 Å². The maximum Gasteiger partial charge on any atom is 0.244 e. The summed E-state index contributed by atoms with van der Waals surface area (Å²) < 4.78 is 1.57. The number of hydrogen-bond donors (Lipinski definition) is 0. The molecule has 5 heteroatoms. The second-order valence-electron chi connectivity index (χ2n) is 6.90. The fourth-order valence-electron chi connectivity index (χ4n) is 2.79. The van der Waals surface area contributed by atoms with Gasteiger partial charge in [0.25, 0.3) is 0 Å². The molecule has 0 saturated carbocycles. The van der Waals surface area contributed by atoms with Crippen molar-refractivity contribution in [2.45, 2.75) is 45.7 Å². The number of nitrogens with zero attached hydrogens (tertiary/aromatic N) is 4. The number of rotatable bonds is 2. The van der Waals surface area contributed by atoms with Crippen LogP contribution in [0.2, 0.25) is 0 Å². The molecule has 1 aromatic carbocycles. The first-order valence-electron chi connectivity index (χ1n) is 7.67. The van der Waals surface area contributed by atoms with Crippen molar-refractivity contribution in [2.24, 2.45) is 0 Å². The summed E-state index contributed by atoms with van der Waals surface area (Å²) in [6, 6.07) is 6.69. The van der Waals surface area contributed by atoms with Gasteiger partial charge in [-0.05, 0) is 28.5 Å². The maximum absolute atomic E-state index is 12.4. The lowest BCUT2D eigenvalue weighted by Crippen LogP contribution is -2.38. The Balaban J connectivity index is 1.76. The number of carbonyl (C=O) groups is 1. The molecule has 2 heterocycles. The summed E-state index contributed by atoms with van der Waals surface area (Å²) >= 11 is 0. The van der Waals surface area contributed by atoms with Gasteiger partial charge in [0.15, 0.2) is 0 Å². The van der Waals surface area contributed by atoms with Gasteiger partial charge >= 0.3 is 0 Å². The van der Waals surface area contributed by atoms with Gasteiger partial charge < -0.3 is 4.90 Å². The Bertz CT molecular complexity index is 670. The Morgan fingerprint density at radius 2 is 2.09 bits per heavy atom. The zero-order valence-corrected chi connectivity index (χ0v) is 13.4. The molecule has 5 nitrogen and oxygen atoms in total. The van der Waals surface area contributed by atoms with E-state index in [4.69, 9.17) is 0 Å². The zero-order valence-electron chi connectivity index (χ0n) is 13.4. The SMILES string of the molecule is CC(C)(C)c1ccc2c(c1)CN(C(=O)Cn1ccnn1)CC2. The van der Waals surface area contributed by atoms with Crippen molar-refractivity contribution >= 4 is 5.91 Å². The Morgan fingerprint density at radius 3 is 2.77 bits per heavy atom. The molecule has 0 aliphatic carbocycles. The summed E-state index contributed by atoms with van der Waals surface area (Å²) in [4.78, 5) is 14.3. The summed E-state index contributed by atoms with van der Waals surface area (Å²) in [6.45, 7) is 8.36. The standard InChI is InChI=1S/C17H22N4O/c1-17(2,3)15-5-4-13-6-8-20(11-14(13)10-15)16(22)12-21-9-7-18-19-21/h4-5,7,9-10H,6,8,11-12H2,1-3H3. The molecule has 0 saturated heterocycles. The molecule has 1 amide bonds. The molecule has 0 fully saturated rings. The molecular weight excluding hydrogens is 276 g/mol. The van der Waals surface area contributed by atoms with E-state index in [2.05, 4.69) is 49.3 Å². The van der Waals surface area contributed by atoms with E-state index in [1.165, 1.54) is 16.7 Å². The van der Waals surface area contributed by atoms with E-state index in [1.54, 1.807) is 17.1 Å². The van der Waals surface area contributed by atoms with Crippen molar-refractivity contribution < 1.29 is 4.79 Å². The number of fused-ring (bicyclic) bond motifs is 1. The van der Waals surface area contributed by atoms with Gasteiger partial charge in [0.05, 0.1) is 6.20 Å². The van der Waals surface area contributed by atoms with Crippen molar-refractivity contribution in [3.63, 3.8) is 0 Å². The molecule has 0 radical (unpaired) electrons. The van der Waals surface area contributed by atoms with Crippen LogP contribution < -0.4 is 0 Å². The fourth-order valence-corrected chi connectivity index (χ4v) is 2.79. The average molecular weight is 298 g/mol. The molecule has 0 bridgehead atoms. The van der Waals surface area contributed by atoms with Crippen LogP contribution in [-0.2, 0) is 29.7 Å². The van der Waals surface area contributed by atoms with Gasteiger partial charge in [-0.3, -0.25) is 4.79 Å². The minimum atomic E-state index is 0.0947. The van der Waals surface area contributed by atoms with Crippen molar-refractivity contribution in [2.75, 3.05) is 6.54 Å². The molecule has 0 atom stereocenters. The van der Waals surface area contributed by atoms with Crippen molar-refractivity contribution in [1.29, 1.82) is 0 Å². The van der Waals surface area contributed by atoms with Crippen LogP contribution in [-0.4, -0.2) is 32.3 Å². The van der Waals surface area contributed by atoms with E-state index in [9.17, 15) is 4.79 Å². The van der Waals surface area contributed by atoms with Crippen molar-refractivity contribution in [1.82, 2.24) is 19.9 Å². The van der Waals surface area contributed by atoms with E-state index in [1.807, 2.05) is 4.90 Å². The first kappa shape index (κ1) is 14.8. The quantitative estimate of drug-likeness (QED) is 0.853. The Kier molecular flexibility index (Phi) is 3.72. The fraction of sp³-hybridized carbons (Fsp3) is 0.471. The van der Waals surface area contributed by atoms with E-state index in [0.29, 0.717) is 6.54 Å². The topological polar surface area (TPSA) is 51.0 Å². The highest BCUT2D eigenvalue weighted by atomic mass is 16.2. The van der Waals surface area contributed by atoms with Crippen molar-refractivity contribution in [3.8, 4) is 0 Å². The van der Waals surface area contributed by atoms with Gasteiger partial charge in [-0.1, -0.05) is 44.2 Å². The normalized spacial score (nSPS) is 14.8. The van der Waals surface area contributed by atoms with Gasteiger partial charge in [0.1, 0.15) is 6.54 Å². The zero-order chi connectivity index (χ0) is 15.7. The van der Waals surface area contributed by atoms with Crippen LogP contribution in [0.1, 0.15) is 37.5 Å². The van der Waals surface area contributed by atoms with Crippen LogP contribution in [0.25, 0.3) is 0 Å². The molecule has 22 heavy (non-hydrogen) atoms. The summed E-state index contributed by atoms with van der Waals surface area (Å²) in [7, 11) is 0.